The van der Waals surface area contributed by atoms with Crippen molar-refractivity contribution in [2.75, 3.05) is 11.5 Å². The molecule has 7 nitrogen and oxygen atoms in total. The second-order valence-corrected chi connectivity index (χ2v) is 6.30. The molecule has 0 spiro atoms. The van der Waals surface area contributed by atoms with E-state index >= 15 is 0 Å². The van der Waals surface area contributed by atoms with Crippen molar-refractivity contribution >= 4 is 62.5 Å². The monoisotopic (exact) mass is 369 g/mol. The van der Waals surface area contributed by atoms with Crippen LogP contribution in [-0.2, 0) is 11.3 Å². The molecular formula is C13H9Cl2N5O2S. The van der Waals surface area contributed by atoms with Crippen molar-refractivity contribution in [2.45, 2.75) is 6.61 Å². The second-order valence-electron chi connectivity index (χ2n) is 4.43. The first kappa shape index (κ1) is 15.7. The van der Waals surface area contributed by atoms with Crippen LogP contribution in [0.2, 0.25) is 10.0 Å². The molecule has 0 aliphatic carbocycles. The van der Waals surface area contributed by atoms with E-state index in [0.717, 1.165) is 10.1 Å². The fourth-order valence-electron chi connectivity index (χ4n) is 1.89. The van der Waals surface area contributed by atoms with Gasteiger partial charge in [-0.2, -0.15) is 15.0 Å². The predicted octanol–water partition coefficient (Wildman–Crippen LogP) is 2.91. The first-order valence-corrected chi connectivity index (χ1v) is 7.82. The summed E-state index contributed by atoms with van der Waals surface area (Å²) in [6.07, 6.45) is 0. The minimum absolute atomic E-state index is 0.0434. The Kier molecular flexibility index (Phi) is 4.20. The zero-order valence-electron chi connectivity index (χ0n) is 11.4. The third-order valence-corrected chi connectivity index (χ3v) is 4.70. The number of halogens is 2. The van der Waals surface area contributed by atoms with Crippen molar-refractivity contribution in [1.29, 1.82) is 0 Å². The number of rotatable bonds is 3. The fourth-order valence-corrected chi connectivity index (χ4v) is 3.57. The van der Waals surface area contributed by atoms with Gasteiger partial charge in [0.05, 0.1) is 5.02 Å². The minimum Gasteiger partial charge on any atom is -0.453 e. The summed E-state index contributed by atoms with van der Waals surface area (Å²) in [7, 11) is 0. The quantitative estimate of drug-likeness (QED) is 0.681. The number of fused-ring (bicyclic) bond motifs is 1. The minimum atomic E-state index is -0.593. The Bertz CT molecular complexity index is 895. The molecule has 2 aromatic heterocycles. The number of nitrogens with two attached hydrogens (primary N) is 2. The maximum atomic E-state index is 12.2. The van der Waals surface area contributed by atoms with Gasteiger partial charge < -0.3 is 16.2 Å². The Morgan fingerprint density at radius 3 is 2.57 bits per heavy atom. The normalized spacial score (nSPS) is 10.9. The summed E-state index contributed by atoms with van der Waals surface area (Å²) in [4.78, 5) is 23.8. The lowest BCUT2D eigenvalue weighted by Crippen LogP contribution is -2.10. The highest BCUT2D eigenvalue weighted by Crippen LogP contribution is 2.37. The number of esters is 1. The molecule has 118 valence electrons. The third-order valence-electron chi connectivity index (χ3n) is 2.83. The van der Waals surface area contributed by atoms with Crippen LogP contribution in [0.3, 0.4) is 0 Å². The molecule has 0 saturated carbocycles. The third kappa shape index (κ3) is 3.29. The lowest BCUT2D eigenvalue weighted by molar-refractivity contribution is 0.0468. The van der Waals surface area contributed by atoms with Crippen molar-refractivity contribution in [3.05, 3.63) is 38.9 Å². The highest BCUT2D eigenvalue weighted by atomic mass is 35.5. The van der Waals surface area contributed by atoms with Gasteiger partial charge >= 0.3 is 5.97 Å². The van der Waals surface area contributed by atoms with E-state index in [9.17, 15) is 4.79 Å². The zero-order valence-corrected chi connectivity index (χ0v) is 13.7. The van der Waals surface area contributed by atoms with Gasteiger partial charge in [0.15, 0.2) is 12.4 Å². The number of hydrogen-bond donors (Lipinski definition) is 2. The Labute approximate surface area is 144 Å². The molecular weight excluding hydrogens is 361 g/mol. The zero-order chi connectivity index (χ0) is 16.6. The van der Waals surface area contributed by atoms with E-state index < -0.39 is 5.97 Å². The number of hydrogen-bond acceptors (Lipinski definition) is 8. The van der Waals surface area contributed by atoms with Crippen LogP contribution in [0.25, 0.3) is 10.1 Å². The molecule has 0 fully saturated rings. The summed E-state index contributed by atoms with van der Waals surface area (Å²) in [6, 6.07) is 5.19. The van der Waals surface area contributed by atoms with Crippen LogP contribution in [0.15, 0.2) is 18.2 Å². The van der Waals surface area contributed by atoms with Gasteiger partial charge in [0.25, 0.3) is 0 Å². The number of nitrogen functional groups attached to an aromatic ring is 2. The van der Waals surface area contributed by atoms with Gasteiger partial charge in [0.2, 0.25) is 11.9 Å². The summed E-state index contributed by atoms with van der Waals surface area (Å²) < 4.78 is 5.95. The van der Waals surface area contributed by atoms with E-state index in [2.05, 4.69) is 15.0 Å². The van der Waals surface area contributed by atoms with E-state index in [-0.39, 0.29) is 29.2 Å². The van der Waals surface area contributed by atoms with Gasteiger partial charge in [-0.1, -0.05) is 29.3 Å². The number of anilines is 2. The summed E-state index contributed by atoms with van der Waals surface area (Å²) in [5.74, 6) is -0.523. The molecule has 4 N–H and O–H groups in total. The number of carbonyl (C=O) groups is 1. The Morgan fingerprint density at radius 2 is 1.87 bits per heavy atom. The van der Waals surface area contributed by atoms with Crippen LogP contribution < -0.4 is 11.5 Å². The van der Waals surface area contributed by atoms with Crippen molar-refractivity contribution in [3.63, 3.8) is 0 Å². The number of benzene rings is 1. The molecule has 10 heteroatoms. The van der Waals surface area contributed by atoms with Gasteiger partial charge in [-0.3, -0.25) is 0 Å². The molecule has 0 amide bonds. The van der Waals surface area contributed by atoms with Crippen LogP contribution in [0.5, 0.6) is 0 Å². The average Bonchev–Trinajstić information content (AvgIpc) is 2.80. The fraction of sp³-hybridized carbons (Fsp3) is 0.0769. The van der Waals surface area contributed by atoms with Gasteiger partial charge in [-0.15, -0.1) is 11.3 Å². The average molecular weight is 370 g/mol. The lowest BCUT2D eigenvalue weighted by atomic mass is 10.2. The van der Waals surface area contributed by atoms with Gasteiger partial charge in [-0.05, 0) is 12.1 Å². The molecule has 2 heterocycles. The van der Waals surface area contributed by atoms with Crippen molar-refractivity contribution in [1.82, 2.24) is 15.0 Å². The molecule has 0 saturated heterocycles. The topological polar surface area (TPSA) is 117 Å². The summed E-state index contributed by atoms with van der Waals surface area (Å²) in [5.41, 5.74) is 10.9. The largest absolute Gasteiger partial charge is 0.453 e. The van der Waals surface area contributed by atoms with E-state index in [4.69, 9.17) is 39.4 Å². The first-order chi connectivity index (χ1) is 10.9. The van der Waals surface area contributed by atoms with Crippen LogP contribution in [0, 0.1) is 0 Å². The number of thiophene rings is 1. The summed E-state index contributed by atoms with van der Waals surface area (Å²) in [5, 5.41) is 1.62. The standard InChI is InChI=1S/C13H9Cl2N5O2S/c14-5-1-2-6-7(3-5)23-10(9(6)15)11(21)22-4-8-18-12(16)20-13(17)19-8/h1-3H,4H2,(H4,16,17,18,19,20). The van der Waals surface area contributed by atoms with E-state index in [1.807, 2.05) is 0 Å². The molecule has 0 radical (unpaired) electrons. The van der Waals surface area contributed by atoms with E-state index in [0.29, 0.717) is 10.0 Å². The lowest BCUT2D eigenvalue weighted by Gasteiger charge is -2.03. The highest BCUT2D eigenvalue weighted by molar-refractivity contribution is 7.21. The van der Waals surface area contributed by atoms with Crippen molar-refractivity contribution in [2.24, 2.45) is 0 Å². The van der Waals surface area contributed by atoms with Crippen molar-refractivity contribution < 1.29 is 9.53 Å². The first-order valence-electron chi connectivity index (χ1n) is 6.24. The molecule has 23 heavy (non-hydrogen) atoms. The summed E-state index contributed by atoms with van der Waals surface area (Å²) in [6.45, 7) is -0.193. The van der Waals surface area contributed by atoms with E-state index in [1.165, 1.54) is 11.3 Å². The molecule has 0 aliphatic heterocycles. The number of nitrogens with zero attached hydrogens (tertiary/aromatic N) is 3. The van der Waals surface area contributed by atoms with Crippen LogP contribution in [0.1, 0.15) is 15.5 Å². The number of aromatic nitrogens is 3. The van der Waals surface area contributed by atoms with Crippen molar-refractivity contribution in [3.8, 4) is 0 Å². The number of carbonyl (C=O) groups excluding carboxylic acids is 1. The van der Waals surface area contributed by atoms with Gasteiger partial charge in [0, 0.05) is 15.1 Å². The SMILES string of the molecule is Nc1nc(N)nc(COC(=O)c2sc3cc(Cl)ccc3c2Cl)n1. The molecule has 3 rings (SSSR count). The molecule has 0 atom stereocenters. The van der Waals surface area contributed by atoms with E-state index in [1.54, 1.807) is 18.2 Å². The van der Waals surface area contributed by atoms with Crippen LogP contribution in [-0.4, -0.2) is 20.9 Å². The summed E-state index contributed by atoms with van der Waals surface area (Å²) >= 11 is 13.3. The smallest absolute Gasteiger partial charge is 0.350 e. The molecule has 1 aromatic carbocycles. The predicted molar refractivity (Wildman–Crippen MR) is 89.6 cm³/mol. The van der Waals surface area contributed by atoms with Gasteiger partial charge in [0.1, 0.15) is 4.88 Å². The Morgan fingerprint density at radius 1 is 1.17 bits per heavy atom. The molecule has 0 aliphatic rings. The number of ether oxygens (including phenoxy) is 1. The maximum Gasteiger partial charge on any atom is 0.350 e. The molecule has 0 unspecified atom stereocenters. The Balaban J connectivity index is 1.82. The van der Waals surface area contributed by atoms with Gasteiger partial charge in [-0.25, -0.2) is 4.79 Å². The molecule has 3 aromatic rings. The maximum absolute atomic E-state index is 12.2. The Hall–Kier alpha value is -2.16. The molecule has 0 bridgehead atoms. The highest BCUT2D eigenvalue weighted by Gasteiger charge is 2.19. The van der Waals surface area contributed by atoms with Crippen LogP contribution in [0.4, 0.5) is 11.9 Å². The van der Waals surface area contributed by atoms with Crippen LogP contribution >= 0.6 is 34.5 Å². The second kappa shape index (κ2) is 6.15.